The van der Waals surface area contributed by atoms with Gasteiger partial charge in [-0.3, -0.25) is 0 Å². The average Bonchev–Trinajstić information content (AvgIpc) is 2.49. The van der Waals surface area contributed by atoms with Crippen LogP contribution in [-0.4, -0.2) is 5.38 Å². The van der Waals surface area contributed by atoms with E-state index in [2.05, 4.69) is 6.08 Å². The zero-order chi connectivity index (χ0) is 12.3. The van der Waals surface area contributed by atoms with Gasteiger partial charge in [-0.25, -0.2) is 4.39 Å². The summed E-state index contributed by atoms with van der Waals surface area (Å²) in [5, 5.41) is 0.351. The maximum atomic E-state index is 13.3. The summed E-state index contributed by atoms with van der Waals surface area (Å²) < 4.78 is 13.3. The maximum absolute atomic E-state index is 13.3. The van der Waals surface area contributed by atoms with Crippen LogP contribution >= 0.6 is 23.2 Å². The molecule has 0 spiro atoms. The summed E-state index contributed by atoms with van der Waals surface area (Å²) in [7, 11) is 0. The van der Waals surface area contributed by atoms with E-state index in [1.54, 1.807) is 6.07 Å². The van der Waals surface area contributed by atoms with Gasteiger partial charge in [-0.1, -0.05) is 41.8 Å². The molecule has 0 fully saturated rings. The van der Waals surface area contributed by atoms with Gasteiger partial charge in [0.25, 0.3) is 0 Å². The van der Waals surface area contributed by atoms with E-state index in [1.165, 1.54) is 11.6 Å². The third-order valence-corrected chi connectivity index (χ3v) is 3.86. The third-order valence-electron chi connectivity index (χ3n) is 3.09. The molecule has 0 amide bonds. The van der Waals surface area contributed by atoms with Gasteiger partial charge in [0.15, 0.2) is 0 Å². The Balaban J connectivity index is 2.17. The van der Waals surface area contributed by atoms with Crippen molar-refractivity contribution in [3.63, 3.8) is 0 Å². The zero-order valence-corrected chi connectivity index (χ0v) is 11.1. The summed E-state index contributed by atoms with van der Waals surface area (Å²) in [5.41, 5.74) is 2.12. The van der Waals surface area contributed by atoms with Crippen LogP contribution in [0, 0.1) is 5.82 Å². The molecule has 0 N–H and O–H groups in total. The zero-order valence-electron chi connectivity index (χ0n) is 9.56. The van der Waals surface area contributed by atoms with Crippen molar-refractivity contribution in [2.24, 2.45) is 0 Å². The number of allylic oxidation sites excluding steroid dienone is 2. The smallest absolute Gasteiger partial charge is 0.142 e. The lowest BCUT2D eigenvalue weighted by Gasteiger charge is -2.08. The van der Waals surface area contributed by atoms with E-state index in [1.807, 2.05) is 6.07 Å². The second-order valence-corrected chi connectivity index (χ2v) is 5.41. The maximum Gasteiger partial charge on any atom is 0.142 e. The van der Waals surface area contributed by atoms with Gasteiger partial charge < -0.3 is 0 Å². The fourth-order valence-electron chi connectivity index (χ4n) is 2.19. The summed E-state index contributed by atoms with van der Waals surface area (Å²) in [6.07, 6.45) is 7.20. The molecule has 1 aliphatic carbocycles. The monoisotopic (exact) mass is 272 g/mol. The number of rotatable bonds is 2. The highest BCUT2D eigenvalue weighted by molar-refractivity contribution is 6.31. The van der Waals surface area contributed by atoms with Crippen molar-refractivity contribution in [3.05, 3.63) is 46.3 Å². The largest absolute Gasteiger partial charge is 0.205 e. The van der Waals surface area contributed by atoms with E-state index < -0.39 is 0 Å². The van der Waals surface area contributed by atoms with Crippen LogP contribution in [-0.2, 0) is 6.42 Å². The Morgan fingerprint density at radius 3 is 2.94 bits per heavy atom. The van der Waals surface area contributed by atoms with Crippen molar-refractivity contribution in [3.8, 4) is 0 Å². The molecule has 3 heteroatoms. The minimum absolute atomic E-state index is 0.111. The molecule has 1 atom stereocenters. The molecule has 0 saturated carbocycles. The predicted molar refractivity (Wildman–Crippen MR) is 71.3 cm³/mol. The Hall–Kier alpha value is -0.530. The summed E-state index contributed by atoms with van der Waals surface area (Å²) >= 11 is 12.1. The molecule has 0 aromatic heterocycles. The normalized spacial score (nSPS) is 20.9. The van der Waals surface area contributed by atoms with Gasteiger partial charge in [0, 0.05) is 0 Å². The topological polar surface area (TPSA) is 0 Å². The number of hydrogen-bond donors (Lipinski definition) is 0. The van der Waals surface area contributed by atoms with Crippen LogP contribution in [0.1, 0.15) is 31.2 Å². The summed E-state index contributed by atoms with van der Waals surface area (Å²) in [5.74, 6) is -0.346. The Kier molecular flexibility index (Phi) is 4.47. The van der Waals surface area contributed by atoms with E-state index >= 15 is 0 Å². The van der Waals surface area contributed by atoms with E-state index in [4.69, 9.17) is 23.2 Å². The molecule has 0 nitrogen and oxygen atoms in total. The van der Waals surface area contributed by atoms with Crippen LogP contribution < -0.4 is 0 Å². The second-order valence-electron chi connectivity index (χ2n) is 4.48. The van der Waals surface area contributed by atoms with Gasteiger partial charge in [0.05, 0.1) is 10.4 Å². The number of halogens is 3. The van der Waals surface area contributed by atoms with E-state index in [0.29, 0.717) is 6.42 Å². The lowest BCUT2D eigenvalue weighted by Crippen LogP contribution is -1.96. The molecule has 0 saturated heterocycles. The number of benzene rings is 1. The van der Waals surface area contributed by atoms with Crippen molar-refractivity contribution in [2.75, 3.05) is 0 Å². The highest BCUT2D eigenvalue weighted by atomic mass is 35.5. The fraction of sp³-hybridized carbons (Fsp3) is 0.429. The molecular formula is C14H15Cl2F. The minimum atomic E-state index is -0.346. The van der Waals surface area contributed by atoms with Crippen LogP contribution in [0.5, 0.6) is 0 Å². The molecule has 17 heavy (non-hydrogen) atoms. The molecule has 1 aliphatic rings. The predicted octanol–water partition coefficient (Wildman–Crippen LogP) is 5.13. The standard InChI is InChI=1S/C14H15Cl2F/c15-12-6-2-1-4-10(9-12)8-11-5-3-7-13(17)14(11)16/h3,5,7,9,12H,1-2,4,6,8H2. The third kappa shape index (κ3) is 3.46. The molecule has 0 heterocycles. The lowest BCUT2D eigenvalue weighted by atomic mass is 10.0. The van der Waals surface area contributed by atoms with E-state index in [0.717, 1.165) is 31.2 Å². The second kappa shape index (κ2) is 5.88. The number of alkyl halides is 1. The quantitative estimate of drug-likeness (QED) is 0.517. The van der Waals surface area contributed by atoms with Crippen molar-refractivity contribution in [2.45, 2.75) is 37.5 Å². The molecule has 92 valence electrons. The molecule has 0 radical (unpaired) electrons. The average molecular weight is 273 g/mol. The summed E-state index contributed by atoms with van der Waals surface area (Å²) in [4.78, 5) is 0. The molecule has 0 aliphatic heterocycles. The van der Waals surface area contributed by atoms with Crippen LogP contribution in [0.25, 0.3) is 0 Å². The molecule has 1 aromatic rings. The Bertz CT molecular complexity index is 426. The van der Waals surface area contributed by atoms with Crippen LogP contribution in [0.3, 0.4) is 0 Å². The van der Waals surface area contributed by atoms with Gasteiger partial charge in [-0.2, -0.15) is 0 Å². The molecular weight excluding hydrogens is 258 g/mol. The lowest BCUT2D eigenvalue weighted by molar-refractivity contribution is 0.626. The number of hydrogen-bond acceptors (Lipinski definition) is 0. The van der Waals surface area contributed by atoms with Gasteiger partial charge in [0.1, 0.15) is 5.82 Å². The Morgan fingerprint density at radius 1 is 1.29 bits per heavy atom. The van der Waals surface area contributed by atoms with E-state index in [9.17, 15) is 4.39 Å². The van der Waals surface area contributed by atoms with Gasteiger partial charge in [-0.05, 0) is 37.3 Å². The molecule has 0 bridgehead atoms. The van der Waals surface area contributed by atoms with Crippen molar-refractivity contribution < 1.29 is 4.39 Å². The van der Waals surface area contributed by atoms with Crippen molar-refractivity contribution in [1.82, 2.24) is 0 Å². The first-order valence-electron chi connectivity index (χ1n) is 5.93. The van der Waals surface area contributed by atoms with Crippen LogP contribution in [0.4, 0.5) is 4.39 Å². The van der Waals surface area contributed by atoms with Gasteiger partial charge in [0.2, 0.25) is 0 Å². The van der Waals surface area contributed by atoms with Gasteiger partial charge in [-0.15, -0.1) is 11.6 Å². The van der Waals surface area contributed by atoms with Crippen LogP contribution in [0.15, 0.2) is 29.8 Å². The highest BCUT2D eigenvalue weighted by Gasteiger charge is 2.12. The van der Waals surface area contributed by atoms with E-state index in [-0.39, 0.29) is 16.2 Å². The molecule has 1 aromatic carbocycles. The Morgan fingerprint density at radius 2 is 2.12 bits per heavy atom. The molecule has 1 unspecified atom stereocenters. The first-order chi connectivity index (χ1) is 8.16. The summed E-state index contributed by atoms with van der Waals surface area (Å²) in [6, 6.07) is 4.96. The summed E-state index contributed by atoms with van der Waals surface area (Å²) in [6.45, 7) is 0. The van der Waals surface area contributed by atoms with Crippen molar-refractivity contribution >= 4 is 23.2 Å². The Labute approximate surface area is 111 Å². The fourth-order valence-corrected chi connectivity index (χ4v) is 2.72. The van der Waals surface area contributed by atoms with Gasteiger partial charge >= 0.3 is 0 Å². The van der Waals surface area contributed by atoms with Crippen LogP contribution in [0.2, 0.25) is 5.02 Å². The first kappa shape index (κ1) is 12.9. The minimum Gasteiger partial charge on any atom is -0.205 e. The molecule has 2 rings (SSSR count). The van der Waals surface area contributed by atoms with Crippen molar-refractivity contribution in [1.29, 1.82) is 0 Å². The first-order valence-corrected chi connectivity index (χ1v) is 6.75. The highest BCUT2D eigenvalue weighted by Crippen LogP contribution is 2.27. The SMILES string of the molecule is Fc1cccc(CC2=CC(Cl)CCCC2)c1Cl.